The average Bonchev–Trinajstić information content (AvgIpc) is 2.47. The number of hydrogen-bond acceptors (Lipinski definition) is 4. The molecule has 1 aromatic carbocycles. The lowest BCUT2D eigenvalue weighted by Gasteiger charge is -2.36. The predicted molar refractivity (Wildman–Crippen MR) is 80.5 cm³/mol. The molecule has 1 fully saturated rings. The van der Waals surface area contributed by atoms with E-state index in [-0.39, 0.29) is 6.04 Å². The van der Waals surface area contributed by atoms with Gasteiger partial charge in [-0.3, -0.25) is 10.3 Å². The number of anilines is 1. The van der Waals surface area contributed by atoms with Crippen molar-refractivity contribution >= 4 is 31.7 Å². The van der Waals surface area contributed by atoms with E-state index < -0.39 is 10.3 Å². The van der Waals surface area contributed by atoms with Crippen LogP contribution in [0.5, 0.6) is 0 Å². The van der Waals surface area contributed by atoms with Crippen molar-refractivity contribution in [2.45, 2.75) is 13.0 Å². The van der Waals surface area contributed by atoms with Crippen molar-refractivity contribution < 1.29 is 8.42 Å². The van der Waals surface area contributed by atoms with Crippen LogP contribution in [0, 0.1) is 0 Å². The zero-order valence-electron chi connectivity index (χ0n) is 11.1. The standard InChI is InChI=1S/C14H15N3O2S/c1-10-14(20(18)19)16-7-8-17(10)13-4-2-3-11-9-15-6-5-12(11)13/h2-6,9-10,16H,7-8H2,1H3. The molecule has 2 aromatic rings. The lowest BCUT2D eigenvalue weighted by Crippen LogP contribution is -2.54. The van der Waals surface area contributed by atoms with E-state index in [9.17, 15) is 8.42 Å². The first kappa shape index (κ1) is 13.1. The van der Waals surface area contributed by atoms with E-state index in [1.807, 2.05) is 37.4 Å². The summed E-state index contributed by atoms with van der Waals surface area (Å²) in [6.07, 6.45) is 3.58. The maximum atomic E-state index is 11.3. The lowest BCUT2D eigenvalue weighted by atomic mass is 10.1. The van der Waals surface area contributed by atoms with Crippen LogP contribution in [0.15, 0.2) is 36.7 Å². The first-order valence-electron chi connectivity index (χ1n) is 6.48. The largest absolute Gasteiger partial charge is 0.361 e. The van der Waals surface area contributed by atoms with Crippen molar-refractivity contribution in [3.8, 4) is 0 Å². The number of benzene rings is 1. The Bertz CT molecular complexity index is 773. The molecule has 1 aliphatic heterocycles. The van der Waals surface area contributed by atoms with Crippen molar-refractivity contribution in [1.29, 1.82) is 0 Å². The summed E-state index contributed by atoms with van der Waals surface area (Å²) in [5, 5.41) is 5.11. The van der Waals surface area contributed by atoms with Gasteiger partial charge in [0, 0.05) is 41.9 Å². The van der Waals surface area contributed by atoms with E-state index in [1.54, 1.807) is 6.20 Å². The molecule has 0 saturated carbocycles. The van der Waals surface area contributed by atoms with Crippen LogP contribution in [-0.2, 0) is 10.3 Å². The number of hydrogen-bond donors (Lipinski definition) is 1. The highest BCUT2D eigenvalue weighted by Crippen LogP contribution is 2.28. The number of rotatable bonds is 1. The molecule has 1 aromatic heterocycles. The van der Waals surface area contributed by atoms with Crippen LogP contribution in [0.2, 0.25) is 0 Å². The fourth-order valence-electron chi connectivity index (χ4n) is 2.67. The van der Waals surface area contributed by atoms with E-state index in [4.69, 9.17) is 0 Å². The molecule has 1 unspecified atom stereocenters. The summed E-state index contributed by atoms with van der Waals surface area (Å²) in [5.74, 6) is 0. The third-order valence-corrected chi connectivity index (χ3v) is 4.49. The van der Waals surface area contributed by atoms with Gasteiger partial charge in [0.05, 0.1) is 6.04 Å². The van der Waals surface area contributed by atoms with Gasteiger partial charge in [0.1, 0.15) is 4.99 Å². The van der Waals surface area contributed by atoms with Gasteiger partial charge in [-0.15, -0.1) is 0 Å². The number of nitrogens with zero attached hydrogens (tertiary/aromatic N) is 2. The van der Waals surface area contributed by atoms with E-state index in [0.29, 0.717) is 11.5 Å². The van der Waals surface area contributed by atoms with Gasteiger partial charge in [-0.1, -0.05) is 12.1 Å². The molecule has 1 aliphatic rings. The Morgan fingerprint density at radius 2 is 2.20 bits per heavy atom. The van der Waals surface area contributed by atoms with Gasteiger partial charge in [-0.25, -0.2) is 0 Å². The molecular weight excluding hydrogens is 274 g/mol. The summed E-state index contributed by atoms with van der Waals surface area (Å²) < 4.78 is 22.5. The summed E-state index contributed by atoms with van der Waals surface area (Å²) in [6, 6.07) is 7.78. The molecule has 104 valence electrons. The quantitative estimate of drug-likeness (QED) is 0.795. The Balaban J connectivity index is 2.13. The molecular formula is C14H15N3O2S. The van der Waals surface area contributed by atoms with Crippen LogP contribution in [0.4, 0.5) is 5.69 Å². The van der Waals surface area contributed by atoms with Crippen molar-refractivity contribution in [3.63, 3.8) is 0 Å². The van der Waals surface area contributed by atoms with Gasteiger partial charge < -0.3 is 4.90 Å². The minimum atomic E-state index is -2.21. The van der Waals surface area contributed by atoms with Crippen LogP contribution < -0.4 is 10.2 Å². The van der Waals surface area contributed by atoms with Crippen molar-refractivity contribution in [2.24, 2.45) is 0 Å². The third-order valence-electron chi connectivity index (χ3n) is 3.65. The highest BCUT2D eigenvalue weighted by atomic mass is 32.2. The number of nitrogens with one attached hydrogen (secondary N) is 1. The molecule has 5 nitrogen and oxygen atoms in total. The van der Waals surface area contributed by atoms with Crippen LogP contribution in [0.1, 0.15) is 6.92 Å². The van der Waals surface area contributed by atoms with Crippen LogP contribution in [0.3, 0.4) is 0 Å². The molecule has 1 atom stereocenters. The average molecular weight is 289 g/mol. The second kappa shape index (κ2) is 5.22. The highest BCUT2D eigenvalue weighted by Gasteiger charge is 2.26. The Hall–Kier alpha value is -1.92. The molecule has 2 heterocycles. The minimum absolute atomic E-state index is 0.194. The van der Waals surface area contributed by atoms with Gasteiger partial charge in [-0.05, 0) is 19.1 Å². The Labute approximate surface area is 118 Å². The van der Waals surface area contributed by atoms with Gasteiger partial charge in [0.2, 0.25) is 10.3 Å². The van der Waals surface area contributed by atoms with E-state index in [0.717, 1.165) is 23.0 Å². The minimum Gasteiger partial charge on any atom is -0.361 e. The lowest BCUT2D eigenvalue weighted by molar-refractivity contribution is 0.620. The molecule has 0 amide bonds. The van der Waals surface area contributed by atoms with Crippen LogP contribution in [-0.4, -0.2) is 37.5 Å². The predicted octanol–water partition coefficient (Wildman–Crippen LogP) is 1.04. The summed E-state index contributed by atoms with van der Waals surface area (Å²) >= 11 is 0. The zero-order chi connectivity index (χ0) is 14.1. The normalized spacial score (nSPS) is 19.4. The summed E-state index contributed by atoms with van der Waals surface area (Å²) in [6.45, 7) is 3.29. The van der Waals surface area contributed by atoms with Crippen molar-refractivity contribution in [3.05, 3.63) is 36.7 Å². The fraction of sp³-hybridized carbons (Fsp3) is 0.286. The first-order chi connectivity index (χ1) is 9.68. The molecule has 6 heteroatoms. The summed E-state index contributed by atoms with van der Waals surface area (Å²) in [7, 11) is -2.21. The Kier molecular flexibility index (Phi) is 3.42. The number of piperazine rings is 1. The van der Waals surface area contributed by atoms with Gasteiger partial charge in [0.25, 0.3) is 0 Å². The molecule has 20 heavy (non-hydrogen) atoms. The van der Waals surface area contributed by atoms with E-state index in [2.05, 4.69) is 15.2 Å². The molecule has 0 bridgehead atoms. The molecule has 3 rings (SSSR count). The topological polar surface area (TPSA) is 62.3 Å². The monoisotopic (exact) mass is 289 g/mol. The van der Waals surface area contributed by atoms with Gasteiger partial charge >= 0.3 is 0 Å². The number of aromatic nitrogens is 1. The number of fused-ring (bicyclic) bond motifs is 1. The summed E-state index contributed by atoms with van der Waals surface area (Å²) in [5.41, 5.74) is 1.04. The molecule has 0 radical (unpaired) electrons. The van der Waals surface area contributed by atoms with Crippen LogP contribution >= 0.6 is 0 Å². The SMILES string of the molecule is CC1C(=S(=O)=O)NCCN1c1cccc2cnccc12. The first-order valence-corrected chi connectivity index (χ1v) is 7.55. The molecule has 0 aliphatic carbocycles. The van der Waals surface area contributed by atoms with Gasteiger partial charge in [0.15, 0.2) is 0 Å². The molecule has 1 N–H and O–H groups in total. The van der Waals surface area contributed by atoms with E-state index >= 15 is 0 Å². The maximum absolute atomic E-state index is 11.3. The Morgan fingerprint density at radius 1 is 1.35 bits per heavy atom. The Morgan fingerprint density at radius 3 is 3.00 bits per heavy atom. The highest BCUT2D eigenvalue weighted by molar-refractivity contribution is 7.73. The van der Waals surface area contributed by atoms with E-state index in [1.165, 1.54) is 0 Å². The smallest absolute Gasteiger partial charge is 0.230 e. The molecule has 1 saturated heterocycles. The molecule has 0 spiro atoms. The number of pyridine rings is 1. The summed E-state index contributed by atoms with van der Waals surface area (Å²) in [4.78, 5) is 6.59. The van der Waals surface area contributed by atoms with Crippen molar-refractivity contribution in [1.82, 2.24) is 10.3 Å². The van der Waals surface area contributed by atoms with Crippen LogP contribution in [0.25, 0.3) is 10.8 Å². The maximum Gasteiger partial charge on any atom is 0.230 e. The van der Waals surface area contributed by atoms with Crippen molar-refractivity contribution in [2.75, 3.05) is 18.0 Å². The third kappa shape index (κ3) is 2.17. The second-order valence-electron chi connectivity index (χ2n) is 4.77. The van der Waals surface area contributed by atoms with Gasteiger partial charge in [-0.2, -0.15) is 8.42 Å². The second-order valence-corrected chi connectivity index (χ2v) is 5.68. The zero-order valence-corrected chi connectivity index (χ0v) is 11.9. The fourth-order valence-corrected chi connectivity index (χ4v) is 3.29.